The van der Waals surface area contributed by atoms with Crippen LogP contribution in [-0.4, -0.2) is 29.4 Å². The van der Waals surface area contributed by atoms with E-state index in [9.17, 15) is 4.79 Å². The molecule has 0 saturated carbocycles. The van der Waals surface area contributed by atoms with Gasteiger partial charge in [-0.25, -0.2) is 4.99 Å². The molecule has 1 unspecified atom stereocenters. The number of nitrogens with one attached hydrogen (secondary N) is 1. The quantitative estimate of drug-likeness (QED) is 0.893. The van der Waals surface area contributed by atoms with E-state index in [0.717, 1.165) is 5.56 Å². The van der Waals surface area contributed by atoms with Gasteiger partial charge in [0.15, 0.2) is 5.84 Å². The number of rotatable bonds is 4. The number of hydrogen-bond acceptors (Lipinski definition) is 4. The summed E-state index contributed by atoms with van der Waals surface area (Å²) in [6.07, 6.45) is 1.73. The first-order valence-electron chi connectivity index (χ1n) is 6.33. The van der Waals surface area contributed by atoms with Gasteiger partial charge in [0.05, 0.1) is 6.61 Å². The maximum atomic E-state index is 12.0. The maximum Gasteiger partial charge on any atom is 0.253 e. The van der Waals surface area contributed by atoms with Crippen molar-refractivity contribution >= 4 is 11.7 Å². The van der Waals surface area contributed by atoms with Crippen molar-refractivity contribution in [3.8, 4) is 0 Å². The van der Waals surface area contributed by atoms with Crippen LogP contribution in [-0.2, 0) is 16.1 Å². The average molecular weight is 261 g/mol. The molecule has 1 aromatic heterocycles. The minimum atomic E-state index is -0.706. The molecule has 0 bridgehead atoms. The Morgan fingerprint density at radius 3 is 2.63 bits per heavy atom. The smallest absolute Gasteiger partial charge is 0.253 e. The number of pyridine rings is 1. The van der Waals surface area contributed by atoms with Gasteiger partial charge < -0.3 is 10.1 Å². The molecule has 0 fully saturated rings. The van der Waals surface area contributed by atoms with Crippen molar-refractivity contribution in [2.75, 3.05) is 7.11 Å². The fourth-order valence-corrected chi connectivity index (χ4v) is 1.87. The first kappa shape index (κ1) is 13.7. The van der Waals surface area contributed by atoms with E-state index in [1.807, 2.05) is 32.9 Å². The molecular formula is C14H19N3O2. The Balaban J connectivity index is 2.26. The molecule has 0 saturated heterocycles. The Kier molecular flexibility index (Phi) is 3.66. The minimum absolute atomic E-state index is 0.0692. The normalized spacial score (nSPS) is 22.6. The molecule has 1 N–H and O–H groups in total. The number of aromatic nitrogens is 1. The zero-order valence-electron chi connectivity index (χ0n) is 11.7. The standard InChI is InChI=1S/C14H19N3O2/c1-9(2)14(3)13(18)16-12(17-14)11-6-5-10(7-15-11)8-19-4/h5-7,9H,8H2,1-4H3,(H,16,17,18). The lowest BCUT2D eigenvalue weighted by Crippen LogP contribution is -2.41. The van der Waals surface area contributed by atoms with E-state index in [2.05, 4.69) is 15.3 Å². The summed E-state index contributed by atoms with van der Waals surface area (Å²) in [4.78, 5) is 20.8. The van der Waals surface area contributed by atoms with Gasteiger partial charge in [-0.05, 0) is 24.5 Å². The van der Waals surface area contributed by atoms with E-state index in [4.69, 9.17) is 4.74 Å². The van der Waals surface area contributed by atoms with Crippen molar-refractivity contribution in [2.45, 2.75) is 32.9 Å². The molecule has 1 aromatic rings. The lowest BCUT2D eigenvalue weighted by Gasteiger charge is -2.21. The molecule has 1 aliphatic heterocycles. The molecule has 0 radical (unpaired) electrons. The van der Waals surface area contributed by atoms with Gasteiger partial charge in [-0.2, -0.15) is 0 Å². The highest BCUT2D eigenvalue weighted by Crippen LogP contribution is 2.26. The average Bonchev–Trinajstić information content (AvgIpc) is 2.68. The molecule has 5 heteroatoms. The van der Waals surface area contributed by atoms with E-state index < -0.39 is 5.54 Å². The van der Waals surface area contributed by atoms with Gasteiger partial charge in [0.2, 0.25) is 0 Å². The molecule has 0 aliphatic carbocycles. The SMILES string of the molecule is COCc1ccc(C2=NC(C)(C(C)C)C(=O)N2)nc1. The number of methoxy groups -OCH3 is 1. The van der Waals surface area contributed by atoms with Gasteiger partial charge in [-0.1, -0.05) is 19.9 Å². The van der Waals surface area contributed by atoms with Gasteiger partial charge in [0.25, 0.3) is 5.91 Å². The number of aliphatic imine (C=N–C) groups is 1. The lowest BCUT2D eigenvalue weighted by molar-refractivity contribution is -0.124. The van der Waals surface area contributed by atoms with Crippen molar-refractivity contribution in [1.29, 1.82) is 0 Å². The Hall–Kier alpha value is -1.75. The van der Waals surface area contributed by atoms with Crippen LogP contribution in [0.5, 0.6) is 0 Å². The second-order valence-corrected chi connectivity index (χ2v) is 5.20. The third-order valence-corrected chi connectivity index (χ3v) is 3.54. The summed E-state index contributed by atoms with van der Waals surface area (Å²) in [5.74, 6) is 0.614. The second-order valence-electron chi connectivity index (χ2n) is 5.20. The van der Waals surface area contributed by atoms with Crippen LogP contribution in [0, 0.1) is 5.92 Å². The number of amides is 1. The second kappa shape index (κ2) is 5.09. The van der Waals surface area contributed by atoms with Gasteiger partial charge in [-0.15, -0.1) is 0 Å². The van der Waals surface area contributed by atoms with Gasteiger partial charge in [-0.3, -0.25) is 9.78 Å². The number of hydrogen-bond donors (Lipinski definition) is 1. The van der Waals surface area contributed by atoms with Crippen LogP contribution >= 0.6 is 0 Å². The van der Waals surface area contributed by atoms with E-state index in [0.29, 0.717) is 18.1 Å². The number of ether oxygens (including phenoxy) is 1. The van der Waals surface area contributed by atoms with Crippen molar-refractivity contribution < 1.29 is 9.53 Å². The minimum Gasteiger partial charge on any atom is -0.380 e. The highest BCUT2D eigenvalue weighted by molar-refractivity contribution is 6.14. The summed E-state index contributed by atoms with van der Waals surface area (Å²) in [5, 5.41) is 2.81. The molecular weight excluding hydrogens is 242 g/mol. The molecule has 2 heterocycles. The fourth-order valence-electron chi connectivity index (χ4n) is 1.87. The monoisotopic (exact) mass is 261 g/mol. The zero-order chi connectivity index (χ0) is 14.0. The Morgan fingerprint density at radius 1 is 1.42 bits per heavy atom. The van der Waals surface area contributed by atoms with Gasteiger partial charge in [0.1, 0.15) is 11.2 Å². The summed E-state index contributed by atoms with van der Waals surface area (Å²) in [6, 6.07) is 3.77. The third kappa shape index (κ3) is 2.51. The summed E-state index contributed by atoms with van der Waals surface area (Å²) in [7, 11) is 1.64. The van der Waals surface area contributed by atoms with E-state index in [-0.39, 0.29) is 11.8 Å². The molecule has 102 valence electrons. The molecule has 0 aromatic carbocycles. The molecule has 5 nitrogen and oxygen atoms in total. The summed E-state index contributed by atoms with van der Waals surface area (Å²) in [6.45, 7) is 6.34. The van der Waals surface area contributed by atoms with Crippen LogP contribution < -0.4 is 5.32 Å². The van der Waals surface area contributed by atoms with Gasteiger partial charge in [0, 0.05) is 13.3 Å². The van der Waals surface area contributed by atoms with Crippen LogP contribution in [0.2, 0.25) is 0 Å². The highest BCUT2D eigenvalue weighted by Gasteiger charge is 2.42. The summed E-state index contributed by atoms with van der Waals surface area (Å²) < 4.78 is 5.03. The van der Waals surface area contributed by atoms with Crippen molar-refractivity contribution in [2.24, 2.45) is 10.9 Å². The van der Waals surface area contributed by atoms with Crippen LogP contribution in [0.15, 0.2) is 23.3 Å². The number of carbonyl (C=O) groups is 1. The lowest BCUT2D eigenvalue weighted by atomic mass is 9.89. The first-order chi connectivity index (χ1) is 8.97. The maximum absolute atomic E-state index is 12.0. The number of nitrogens with zero attached hydrogens (tertiary/aromatic N) is 2. The molecule has 0 spiro atoms. The van der Waals surface area contributed by atoms with Crippen molar-refractivity contribution in [3.05, 3.63) is 29.6 Å². The van der Waals surface area contributed by atoms with Crippen molar-refractivity contribution in [1.82, 2.24) is 10.3 Å². The van der Waals surface area contributed by atoms with Gasteiger partial charge >= 0.3 is 0 Å². The van der Waals surface area contributed by atoms with Crippen LogP contribution in [0.25, 0.3) is 0 Å². The predicted octanol–water partition coefficient (Wildman–Crippen LogP) is 1.52. The number of carbonyl (C=O) groups excluding carboxylic acids is 1. The summed E-state index contributed by atoms with van der Waals surface area (Å²) >= 11 is 0. The Morgan fingerprint density at radius 2 is 2.16 bits per heavy atom. The molecule has 1 aliphatic rings. The number of amidine groups is 1. The van der Waals surface area contributed by atoms with E-state index in [1.165, 1.54) is 0 Å². The van der Waals surface area contributed by atoms with Crippen LogP contribution in [0.4, 0.5) is 0 Å². The zero-order valence-corrected chi connectivity index (χ0v) is 11.7. The highest BCUT2D eigenvalue weighted by atomic mass is 16.5. The molecule has 2 rings (SSSR count). The fraction of sp³-hybridized carbons (Fsp3) is 0.500. The largest absolute Gasteiger partial charge is 0.380 e. The van der Waals surface area contributed by atoms with E-state index >= 15 is 0 Å². The Labute approximate surface area is 113 Å². The molecule has 1 amide bonds. The third-order valence-electron chi connectivity index (χ3n) is 3.54. The predicted molar refractivity (Wildman–Crippen MR) is 72.9 cm³/mol. The molecule has 1 atom stereocenters. The van der Waals surface area contributed by atoms with E-state index in [1.54, 1.807) is 13.3 Å². The van der Waals surface area contributed by atoms with Crippen LogP contribution in [0.3, 0.4) is 0 Å². The first-order valence-corrected chi connectivity index (χ1v) is 6.33. The molecule has 19 heavy (non-hydrogen) atoms. The summed E-state index contributed by atoms with van der Waals surface area (Å²) in [5.41, 5.74) is 0.961. The van der Waals surface area contributed by atoms with Crippen LogP contribution in [0.1, 0.15) is 32.0 Å². The van der Waals surface area contributed by atoms with Crippen molar-refractivity contribution in [3.63, 3.8) is 0 Å². The topological polar surface area (TPSA) is 63.6 Å². The Bertz CT molecular complexity index is 508.